The number of aromatic nitrogens is 2. The molecule has 0 saturated heterocycles. The molecule has 0 aliphatic carbocycles. The molecular formula is C10H8Cl2N4OS. The molecule has 0 saturated carbocycles. The molecule has 5 nitrogen and oxygen atoms in total. The standard InChI is InChI=1S/C10H8Cl2N4OS/c11-5-1-2-6(7(12)3-5)9(17)14-4-8-15-16-10(13)18-8/h1-3H,4H2,(H2,13,16)(H,14,17). The third kappa shape index (κ3) is 3.10. The molecule has 0 spiro atoms. The molecule has 3 N–H and O–H groups in total. The summed E-state index contributed by atoms with van der Waals surface area (Å²) in [4.78, 5) is 11.8. The molecule has 18 heavy (non-hydrogen) atoms. The van der Waals surface area contributed by atoms with E-state index in [0.717, 1.165) is 0 Å². The van der Waals surface area contributed by atoms with E-state index in [1.807, 2.05) is 0 Å². The first-order valence-corrected chi connectivity index (χ1v) is 6.44. The fourth-order valence-corrected chi connectivity index (χ4v) is 2.31. The SMILES string of the molecule is Nc1nnc(CNC(=O)c2ccc(Cl)cc2Cl)s1. The fraction of sp³-hybridized carbons (Fsp3) is 0.100. The highest BCUT2D eigenvalue weighted by Crippen LogP contribution is 2.21. The van der Waals surface area contributed by atoms with Crippen LogP contribution in [0.3, 0.4) is 0 Å². The van der Waals surface area contributed by atoms with Crippen LogP contribution in [-0.4, -0.2) is 16.1 Å². The number of benzene rings is 1. The summed E-state index contributed by atoms with van der Waals surface area (Å²) < 4.78 is 0. The highest BCUT2D eigenvalue weighted by atomic mass is 35.5. The third-order valence-corrected chi connectivity index (χ3v) is 3.36. The molecule has 1 aromatic carbocycles. The number of carbonyl (C=O) groups excluding carboxylic acids is 1. The van der Waals surface area contributed by atoms with Gasteiger partial charge in [0.05, 0.1) is 17.1 Å². The molecule has 1 heterocycles. The Morgan fingerprint density at radius 2 is 2.17 bits per heavy atom. The van der Waals surface area contributed by atoms with Crippen LogP contribution in [0.15, 0.2) is 18.2 Å². The Labute approximate surface area is 117 Å². The maximum absolute atomic E-state index is 11.8. The number of nitrogens with one attached hydrogen (secondary N) is 1. The number of amides is 1. The van der Waals surface area contributed by atoms with Crippen molar-refractivity contribution in [2.24, 2.45) is 0 Å². The topological polar surface area (TPSA) is 80.9 Å². The van der Waals surface area contributed by atoms with Crippen molar-refractivity contribution in [3.63, 3.8) is 0 Å². The van der Waals surface area contributed by atoms with Gasteiger partial charge in [0, 0.05) is 5.02 Å². The molecule has 1 amide bonds. The van der Waals surface area contributed by atoms with Crippen LogP contribution in [0.25, 0.3) is 0 Å². The van der Waals surface area contributed by atoms with Gasteiger partial charge in [0.15, 0.2) is 0 Å². The number of rotatable bonds is 3. The molecular weight excluding hydrogens is 295 g/mol. The van der Waals surface area contributed by atoms with Gasteiger partial charge in [-0.05, 0) is 18.2 Å². The molecule has 8 heteroatoms. The monoisotopic (exact) mass is 302 g/mol. The van der Waals surface area contributed by atoms with Crippen LogP contribution in [0.4, 0.5) is 5.13 Å². The lowest BCUT2D eigenvalue weighted by Gasteiger charge is -2.05. The van der Waals surface area contributed by atoms with E-state index in [1.165, 1.54) is 17.4 Å². The molecule has 0 fully saturated rings. The molecule has 0 bridgehead atoms. The average molecular weight is 303 g/mol. The predicted octanol–water partition coefficient (Wildman–Crippen LogP) is 2.36. The second kappa shape index (κ2) is 5.51. The Morgan fingerprint density at radius 3 is 2.78 bits per heavy atom. The van der Waals surface area contributed by atoms with E-state index in [-0.39, 0.29) is 12.5 Å². The number of anilines is 1. The lowest BCUT2D eigenvalue weighted by Crippen LogP contribution is -2.23. The second-order valence-corrected chi connectivity index (χ2v) is 5.28. The van der Waals surface area contributed by atoms with E-state index >= 15 is 0 Å². The van der Waals surface area contributed by atoms with Crippen molar-refractivity contribution in [1.29, 1.82) is 0 Å². The van der Waals surface area contributed by atoms with Gasteiger partial charge in [0.2, 0.25) is 5.13 Å². The van der Waals surface area contributed by atoms with Crippen molar-refractivity contribution in [1.82, 2.24) is 15.5 Å². The summed E-state index contributed by atoms with van der Waals surface area (Å²) in [5, 5.41) is 11.9. The minimum absolute atomic E-state index is 0.257. The van der Waals surface area contributed by atoms with E-state index in [0.29, 0.717) is 25.7 Å². The van der Waals surface area contributed by atoms with Crippen LogP contribution in [0.2, 0.25) is 10.0 Å². The van der Waals surface area contributed by atoms with Crippen molar-refractivity contribution in [3.8, 4) is 0 Å². The van der Waals surface area contributed by atoms with Crippen molar-refractivity contribution in [3.05, 3.63) is 38.8 Å². The fourth-order valence-electron chi connectivity index (χ4n) is 1.26. The lowest BCUT2D eigenvalue weighted by atomic mass is 10.2. The van der Waals surface area contributed by atoms with Crippen LogP contribution in [0.1, 0.15) is 15.4 Å². The quantitative estimate of drug-likeness (QED) is 0.912. The van der Waals surface area contributed by atoms with Crippen molar-refractivity contribution in [2.45, 2.75) is 6.54 Å². The molecule has 0 unspecified atom stereocenters. The van der Waals surface area contributed by atoms with Gasteiger partial charge in [0.25, 0.3) is 5.91 Å². The highest BCUT2D eigenvalue weighted by Gasteiger charge is 2.11. The first-order chi connectivity index (χ1) is 8.56. The van der Waals surface area contributed by atoms with E-state index in [9.17, 15) is 4.79 Å². The van der Waals surface area contributed by atoms with Gasteiger partial charge in [-0.1, -0.05) is 34.5 Å². The van der Waals surface area contributed by atoms with Gasteiger partial charge in [0.1, 0.15) is 5.01 Å². The molecule has 2 aromatic rings. The molecule has 0 atom stereocenters. The Morgan fingerprint density at radius 1 is 1.39 bits per heavy atom. The number of hydrogen-bond donors (Lipinski definition) is 2. The molecule has 94 valence electrons. The van der Waals surface area contributed by atoms with Crippen molar-refractivity contribution >= 4 is 45.6 Å². The zero-order chi connectivity index (χ0) is 13.1. The van der Waals surface area contributed by atoms with Gasteiger partial charge >= 0.3 is 0 Å². The second-order valence-electron chi connectivity index (χ2n) is 3.34. The number of hydrogen-bond acceptors (Lipinski definition) is 5. The Balaban J connectivity index is 2.03. The van der Waals surface area contributed by atoms with Gasteiger partial charge in [-0.15, -0.1) is 10.2 Å². The lowest BCUT2D eigenvalue weighted by molar-refractivity contribution is 0.0951. The summed E-state index contributed by atoms with van der Waals surface area (Å²) in [7, 11) is 0. The minimum atomic E-state index is -0.301. The summed E-state index contributed by atoms with van der Waals surface area (Å²) in [6.45, 7) is 0.257. The van der Waals surface area contributed by atoms with Crippen molar-refractivity contribution in [2.75, 3.05) is 5.73 Å². The normalized spacial score (nSPS) is 10.3. The van der Waals surface area contributed by atoms with Crippen LogP contribution in [-0.2, 0) is 6.54 Å². The first-order valence-electron chi connectivity index (χ1n) is 4.87. The van der Waals surface area contributed by atoms with Crippen LogP contribution >= 0.6 is 34.5 Å². The summed E-state index contributed by atoms with van der Waals surface area (Å²) in [6, 6.07) is 4.68. The van der Waals surface area contributed by atoms with Crippen LogP contribution < -0.4 is 11.1 Å². The van der Waals surface area contributed by atoms with Crippen molar-refractivity contribution < 1.29 is 4.79 Å². The van der Waals surface area contributed by atoms with E-state index in [4.69, 9.17) is 28.9 Å². The van der Waals surface area contributed by atoms with Gasteiger partial charge in [-0.25, -0.2) is 0 Å². The van der Waals surface area contributed by atoms with E-state index in [2.05, 4.69) is 15.5 Å². The maximum Gasteiger partial charge on any atom is 0.253 e. The molecule has 2 rings (SSSR count). The maximum atomic E-state index is 11.8. The van der Waals surface area contributed by atoms with E-state index in [1.54, 1.807) is 12.1 Å². The zero-order valence-electron chi connectivity index (χ0n) is 8.98. The summed E-state index contributed by atoms with van der Waals surface area (Å²) in [5.41, 5.74) is 5.79. The van der Waals surface area contributed by atoms with Gasteiger partial charge in [-0.2, -0.15) is 0 Å². The van der Waals surface area contributed by atoms with Gasteiger partial charge in [-0.3, -0.25) is 4.79 Å². The molecule has 1 aromatic heterocycles. The number of halogens is 2. The Bertz CT molecular complexity index is 587. The summed E-state index contributed by atoms with van der Waals surface area (Å²) in [6.07, 6.45) is 0. The zero-order valence-corrected chi connectivity index (χ0v) is 11.3. The summed E-state index contributed by atoms with van der Waals surface area (Å²) in [5.74, 6) is -0.301. The summed E-state index contributed by atoms with van der Waals surface area (Å²) >= 11 is 12.9. The number of nitrogens with zero attached hydrogens (tertiary/aromatic N) is 2. The smallest absolute Gasteiger partial charge is 0.253 e. The third-order valence-electron chi connectivity index (χ3n) is 2.06. The molecule has 0 radical (unpaired) electrons. The Hall–Kier alpha value is -1.37. The minimum Gasteiger partial charge on any atom is -0.374 e. The number of nitrogen functional groups attached to an aromatic ring is 1. The van der Waals surface area contributed by atoms with Crippen LogP contribution in [0, 0.1) is 0 Å². The molecule has 0 aliphatic heterocycles. The van der Waals surface area contributed by atoms with Gasteiger partial charge < -0.3 is 11.1 Å². The Kier molecular flexibility index (Phi) is 4.00. The predicted molar refractivity (Wildman–Crippen MR) is 72.0 cm³/mol. The first kappa shape index (κ1) is 13.1. The number of carbonyl (C=O) groups is 1. The molecule has 0 aliphatic rings. The van der Waals surface area contributed by atoms with Crippen LogP contribution in [0.5, 0.6) is 0 Å². The number of nitrogens with two attached hydrogens (primary N) is 1. The largest absolute Gasteiger partial charge is 0.374 e. The average Bonchev–Trinajstić information content (AvgIpc) is 2.72. The highest BCUT2D eigenvalue weighted by molar-refractivity contribution is 7.15. The van der Waals surface area contributed by atoms with E-state index < -0.39 is 0 Å².